The maximum absolute atomic E-state index is 12.3. The number of anilines is 1. The third-order valence-electron chi connectivity index (χ3n) is 6.03. The first-order valence-corrected chi connectivity index (χ1v) is 12.9. The van der Waals surface area contributed by atoms with Gasteiger partial charge in [0.1, 0.15) is 11.8 Å². The number of nitrogens with zero attached hydrogens (tertiary/aromatic N) is 2. The molecule has 10 N–H and O–H groups in total. The van der Waals surface area contributed by atoms with Gasteiger partial charge < -0.3 is 43.0 Å². The van der Waals surface area contributed by atoms with E-state index in [1.54, 1.807) is 13.3 Å². The Balaban J connectivity index is 1.72. The summed E-state index contributed by atoms with van der Waals surface area (Å²) >= 11 is 0. The molecule has 1 aromatic carbocycles. The molecular formula is C26H40N8O5. The molecule has 0 saturated heterocycles. The number of benzene rings is 1. The normalized spacial score (nSPS) is 13.1. The summed E-state index contributed by atoms with van der Waals surface area (Å²) in [4.78, 5) is 44.3. The average Bonchev–Trinajstić information content (AvgIpc) is 2.90. The number of amides is 2. The fourth-order valence-corrected chi connectivity index (χ4v) is 3.92. The van der Waals surface area contributed by atoms with E-state index in [2.05, 4.69) is 25.9 Å². The Morgan fingerprint density at radius 1 is 1.15 bits per heavy atom. The molecule has 2 rings (SSSR count). The highest BCUT2D eigenvalue weighted by atomic mass is 16.5. The molecule has 0 radical (unpaired) electrons. The minimum absolute atomic E-state index is 0.0494. The highest BCUT2D eigenvalue weighted by Crippen LogP contribution is 2.28. The van der Waals surface area contributed by atoms with Crippen molar-refractivity contribution in [2.45, 2.75) is 63.6 Å². The van der Waals surface area contributed by atoms with Crippen molar-refractivity contribution in [1.29, 1.82) is 0 Å². The predicted octanol–water partition coefficient (Wildman–Crippen LogP) is 0.671. The van der Waals surface area contributed by atoms with E-state index in [0.717, 1.165) is 28.8 Å². The predicted molar refractivity (Wildman–Crippen MR) is 150 cm³/mol. The van der Waals surface area contributed by atoms with E-state index in [1.807, 2.05) is 31.2 Å². The summed E-state index contributed by atoms with van der Waals surface area (Å²) in [5, 5.41) is 19.1. The lowest BCUT2D eigenvalue weighted by Gasteiger charge is -2.18. The number of fused-ring (bicyclic) bond motifs is 1. The topological polar surface area (TPSA) is 220 Å². The second-order valence-electron chi connectivity index (χ2n) is 9.28. The number of hydrogen-bond acceptors (Lipinski definition) is 8. The molecule has 214 valence electrons. The van der Waals surface area contributed by atoms with Gasteiger partial charge in [-0.15, -0.1) is 0 Å². The number of carbonyl (C=O) groups excluding carboxylic acids is 2. The number of ether oxygens (including phenoxy) is 1. The molecule has 0 bridgehead atoms. The summed E-state index contributed by atoms with van der Waals surface area (Å²) in [6.45, 7) is 2.80. The second kappa shape index (κ2) is 16.0. The fraction of sp³-hybridized carbons (Fsp3) is 0.500. The molecular weight excluding hydrogens is 504 g/mol. The molecule has 1 aromatic heterocycles. The maximum Gasteiger partial charge on any atom is 0.326 e. The summed E-state index contributed by atoms with van der Waals surface area (Å²) in [5.74, 6) is -1.45. The molecule has 1 heterocycles. The van der Waals surface area contributed by atoms with Crippen molar-refractivity contribution < 1.29 is 24.2 Å². The van der Waals surface area contributed by atoms with Crippen LogP contribution in [0.2, 0.25) is 0 Å². The highest BCUT2D eigenvalue weighted by molar-refractivity contribution is 5.92. The zero-order chi connectivity index (χ0) is 28.8. The maximum atomic E-state index is 12.3. The Kier molecular flexibility index (Phi) is 12.7. The third-order valence-corrected chi connectivity index (χ3v) is 6.03. The number of aliphatic carboxylic acids is 1. The van der Waals surface area contributed by atoms with Crippen LogP contribution in [0.25, 0.3) is 10.9 Å². The Morgan fingerprint density at radius 3 is 2.62 bits per heavy atom. The largest absolute Gasteiger partial charge is 0.497 e. The molecule has 13 heteroatoms. The van der Waals surface area contributed by atoms with Crippen LogP contribution in [0.4, 0.5) is 5.69 Å². The monoisotopic (exact) mass is 544 g/mol. The molecule has 0 aliphatic rings. The van der Waals surface area contributed by atoms with Gasteiger partial charge in [0, 0.05) is 43.2 Å². The van der Waals surface area contributed by atoms with Crippen molar-refractivity contribution in [2.24, 2.45) is 22.2 Å². The van der Waals surface area contributed by atoms with Gasteiger partial charge in [-0.1, -0.05) is 6.07 Å². The van der Waals surface area contributed by atoms with E-state index in [0.29, 0.717) is 25.9 Å². The number of rotatable bonds is 17. The number of carbonyl (C=O) groups is 3. The van der Waals surface area contributed by atoms with E-state index >= 15 is 0 Å². The first-order chi connectivity index (χ1) is 18.6. The number of methoxy groups -OCH3 is 1. The lowest BCUT2D eigenvalue weighted by molar-refractivity contribution is -0.142. The minimum Gasteiger partial charge on any atom is -0.497 e. The molecule has 3 atom stereocenters. The number of nitrogens with one attached hydrogen (secondary N) is 3. The number of carboxylic acid groups (broad SMARTS) is 1. The average molecular weight is 545 g/mol. The standard InChI is InChI=1S/C26H40N8O5/c1-16(33-21-15-18(39-2)14-17-7-4-12-31-23(17)21)6-3-11-30-22(35)10-9-20(25(37)38)34-24(36)19(27)8-5-13-32-26(28)29/h4,7,12,14-16,19-20,33H,3,5-6,8-11,13,27H2,1-2H3,(H,30,35)(H,34,36)(H,37,38)(H4,28,29,32)/t16?,19-,20-/m0/s1. The van der Waals surface area contributed by atoms with Crippen LogP contribution in [0.1, 0.15) is 45.4 Å². The van der Waals surface area contributed by atoms with Gasteiger partial charge in [0.05, 0.1) is 24.4 Å². The molecule has 0 aliphatic heterocycles. The summed E-state index contributed by atoms with van der Waals surface area (Å²) in [6, 6.07) is 5.67. The third kappa shape index (κ3) is 11.0. The second-order valence-corrected chi connectivity index (χ2v) is 9.28. The van der Waals surface area contributed by atoms with Crippen molar-refractivity contribution in [1.82, 2.24) is 15.6 Å². The van der Waals surface area contributed by atoms with Gasteiger partial charge in [0.15, 0.2) is 5.96 Å². The van der Waals surface area contributed by atoms with Crippen LogP contribution in [0.3, 0.4) is 0 Å². The molecule has 2 aromatic rings. The molecule has 0 spiro atoms. The molecule has 0 fully saturated rings. The van der Waals surface area contributed by atoms with Crippen molar-refractivity contribution in [3.63, 3.8) is 0 Å². The first kappa shape index (κ1) is 31.1. The Hall–Kier alpha value is -4.13. The number of aliphatic imine (C=N–C) groups is 1. The van der Waals surface area contributed by atoms with Crippen molar-refractivity contribution >= 4 is 40.3 Å². The highest BCUT2D eigenvalue weighted by Gasteiger charge is 2.23. The smallest absolute Gasteiger partial charge is 0.326 e. The molecule has 13 nitrogen and oxygen atoms in total. The number of guanidine groups is 1. The van der Waals surface area contributed by atoms with Crippen LogP contribution in [-0.4, -0.2) is 72.2 Å². The SMILES string of the molecule is COc1cc(NC(C)CCCNC(=O)CC[C@H](NC(=O)[C@@H](N)CCCN=C(N)N)C(=O)O)c2ncccc2c1. The Bertz CT molecular complexity index is 1140. The number of hydrogen-bond donors (Lipinski definition) is 7. The van der Waals surface area contributed by atoms with Crippen LogP contribution >= 0.6 is 0 Å². The van der Waals surface area contributed by atoms with Crippen LogP contribution in [0, 0.1) is 0 Å². The van der Waals surface area contributed by atoms with Crippen LogP contribution in [0.15, 0.2) is 35.5 Å². The van der Waals surface area contributed by atoms with E-state index in [-0.39, 0.29) is 37.2 Å². The Morgan fingerprint density at radius 2 is 1.92 bits per heavy atom. The van der Waals surface area contributed by atoms with Gasteiger partial charge in [-0.05, 0) is 51.2 Å². The lowest BCUT2D eigenvalue weighted by Crippen LogP contribution is -2.48. The molecule has 0 saturated carbocycles. The number of aromatic nitrogens is 1. The van der Waals surface area contributed by atoms with E-state index in [4.69, 9.17) is 21.9 Å². The van der Waals surface area contributed by atoms with Gasteiger partial charge in [0.25, 0.3) is 0 Å². The quantitative estimate of drug-likeness (QED) is 0.0838. The van der Waals surface area contributed by atoms with Gasteiger partial charge in [-0.25, -0.2) is 4.79 Å². The number of nitrogens with two attached hydrogens (primary N) is 3. The fourth-order valence-electron chi connectivity index (χ4n) is 3.92. The van der Waals surface area contributed by atoms with Gasteiger partial charge in [-0.3, -0.25) is 19.6 Å². The summed E-state index contributed by atoms with van der Waals surface area (Å²) in [6.07, 6.45) is 3.88. The summed E-state index contributed by atoms with van der Waals surface area (Å²) < 4.78 is 5.39. The molecule has 1 unspecified atom stereocenters. The van der Waals surface area contributed by atoms with E-state index < -0.39 is 24.0 Å². The van der Waals surface area contributed by atoms with Gasteiger partial charge in [-0.2, -0.15) is 0 Å². The van der Waals surface area contributed by atoms with Crippen LogP contribution in [0.5, 0.6) is 5.75 Å². The van der Waals surface area contributed by atoms with Crippen molar-refractivity contribution in [2.75, 3.05) is 25.5 Å². The zero-order valence-corrected chi connectivity index (χ0v) is 22.5. The first-order valence-electron chi connectivity index (χ1n) is 12.9. The summed E-state index contributed by atoms with van der Waals surface area (Å²) in [5.41, 5.74) is 18.0. The Labute approximate surface area is 227 Å². The zero-order valence-electron chi connectivity index (χ0n) is 22.5. The number of carboxylic acids is 1. The molecule has 2 amide bonds. The molecule has 39 heavy (non-hydrogen) atoms. The van der Waals surface area contributed by atoms with Gasteiger partial charge in [0.2, 0.25) is 11.8 Å². The van der Waals surface area contributed by atoms with Crippen LogP contribution in [-0.2, 0) is 14.4 Å². The van der Waals surface area contributed by atoms with Crippen molar-refractivity contribution in [3.8, 4) is 5.75 Å². The lowest BCUT2D eigenvalue weighted by atomic mass is 10.1. The summed E-state index contributed by atoms with van der Waals surface area (Å²) in [7, 11) is 1.62. The molecule has 0 aliphatic carbocycles. The van der Waals surface area contributed by atoms with Gasteiger partial charge >= 0.3 is 5.97 Å². The van der Waals surface area contributed by atoms with E-state index in [1.165, 1.54) is 0 Å². The number of pyridine rings is 1. The minimum atomic E-state index is -1.23. The van der Waals surface area contributed by atoms with E-state index in [9.17, 15) is 19.5 Å². The van der Waals surface area contributed by atoms with Crippen molar-refractivity contribution in [3.05, 3.63) is 30.5 Å². The van der Waals surface area contributed by atoms with Crippen LogP contribution < -0.4 is 37.9 Å².